The predicted molar refractivity (Wildman–Crippen MR) is 57.4 cm³/mol. The summed E-state index contributed by atoms with van der Waals surface area (Å²) in [6.07, 6.45) is 0.0257. The first-order valence-electron chi connectivity index (χ1n) is 5.61. The van der Waals surface area contributed by atoms with Crippen molar-refractivity contribution in [3.8, 4) is 0 Å². The molecule has 1 aliphatic carbocycles. The molecule has 0 aliphatic heterocycles. The van der Waals surface area contributed by atoms with Gasteiger partial charge >= 0.3 is 0 Å². The van der Waals surface area contributed by atoms with Gasteiger partial charge in [0.15, 0.2) is 0 Å². The maximum absolute atomic E-state index is 11.8. The third-order valence-corrected chi connectivity index (χ3v) is 2.53. The molecule has 4 nitrogen and oxygen atoms in total. The van der Waals surface area contributed by atoms with Gasteiger partial charge in [-0.05, 0) is 12.8 Å². The Labute approximate surface area is 97.0 Å². The van der Waals surface area contributed by atoms with Gasteiger partial charge < -0.3 is 9.72 Å². The Morgan fingerprint density at radius 2 is 2.29 bits per heavy atom. The van der Waals surface area contributed by atoms with E-state index in [9.17, 15) is 13.6 Å². The van der Waals surface area contributed by atoms with E-state index in [2.05, 4.69) is 9.97 Å². The fraction of sp³-hybridized carbons (Fsp3) is 0.636. The van der Waals surface area contributed by atoms with Crippen molar-refractivity contribution in [3.05, 3.63) is 27.9 Å². The third kappa shape index (κ3) is 3.89. The summed E-state index contributed by atoms with van der Waals surface area (Å²) in [4.78, 5) is 18.2. The minimum absolute atomic E-state index is 0.140. The zero-order valence-electron chi connectivity index (χ0n) is 9.29. The summed E-state index contributed by atoms with van der Waals surface area (Å²) in [5.41, 5.74) is 0.614. The van der Waals surface area contributed by atoms with Gasteiger partial charge in [-0.3, -0.25) is 4.79 Å². The molecule has 0 atom stereocenters. The number of halogens is 2. The third-order valence-electron chi connectivity index (χ3n) is 2.53. The van der Waals surface area contributed by atoms with Crippen molar-refractivity contribution < 1.29 is 13.5 Å². The molecule has 1 fully saturated rings. The molecule has 0 spiro atoms. The Morgan fingerprint density at radius 3 is 2.94 bits per heavy atom. The highest BCUT2D eigenvalue weighted by atomic mass is 19.3. The first-order valence-corrected chi connectivity index (χ1v) is 5.61. The number of rotatable bonds is 6. The molecule has 1 saturated carbocycles. The Bertz CT molecular complexity index is 430. The smallest absolute Gasteiger partial charge is 0.261 e. The lowest BCUT2D eigenvalue weighted by Gasteiger charge is -2.04. The van der Waals surface area contributed by atoms with Crippen LogP contribution in [0.25, 0.3) is 0 Å². The quantitative estimate of drug-likeness (QED) is 0.771. The van der Waals surface area contributed by atoms with Crippen molar-refractivity contribution in [2.75, 3.05) is 13.2 Å². The van der Waals surface area contributed by atoms with Crippen LogP contribution in [0, 0.1) is 0 Å². The van der Waals surface area contributed by atoms with Gasteiger partial charge in [0.1, 0.15) is 12.4 Å². The normalized spacial score (nSPS) is 15.5. The lowest BCUT2D eigenvalue weighted by Crippen LogP contribution is -2.15. The first-order chi connectivity index (χ1) is 8.15. The highest BCUT2D eigenvalue weighted by molar-refractivity contribution is 5.14. The summed E-state index contributed by atoms with van der Waals surface area (Å²) in [6.45, 7) is -0.437. The van der Waals surface area contributed by atoms with Gasteiger partial charge in [0.05, 0.1) is 12.3 Å². The second-order valence-electron chi connectivity index (χ2n) is 4.11. The summed E-state index contributed by atoms with van der Waals surface area (Å²) >= 11 is 0. The van der Waals surface area contributed by atoms with Gasteiger partial charge in [0, 0.05) is 18.4 Å². The topological polar surface area (TPSA) is 55.0 Å². The van der Waals surface area contributed by atoms with Crippen molar-refractivity contribution in [2.24, 2.45) is 0 Å². The average Bonchev–Trinajstić information content (AvgIpc) is 3.07. The zero-order chi connectivity index (χ0) is 12.3. The second kappa shape index (κ2) is 5.35. The van der Waals surface area contributed by atoms with Crippen LogP contribution >= 0.6 is 0 Å². The van der Waals surface area contributed by atoms with Crippen molar-refractivity contribution in [1.82, 2.24) is 9.97 Å². The number of ether oxygens (including phenoxy) is 1. The monoisotopic (exact) mass is 244 g/mol. The molecule has 1 aromatic rings. The molecule has 0 bridgehead atoms. The van der Waals surface area contributed by atoms with Crippen LogP contribution in [0.2, 0.25) is 0 Å². The maximum Gasteiger partial charge on any atom is 0.261 e. The van der Waals surface area contributed by atoms with E-state index in [4.69, 9.17) is 4.74 Å². The summed E-state index contributed by atoms with van der Waals surface area (Å²) in [5, 5.41) is 0. The molecule has 6 heteroatoms. The van der Waals surface area contributed by atoms with E-state index in [1.165, 1.54) is 6.07 Å². The van der Waals surface area contributed by atoms with Gasteiger partial charge in [-0.2, -0.15) is 0 Å². The highest BCUT2D eigenvalue weighted by Gasteiger charge is 2.25. The van der Waals surface area contributed by atoms with Gasteiger partial charge in [-0.15, -0.1) is 0 Å². The number of hydrogen-bond acceptors (Lipinski definition) is 3. The van der Waals surface area contributed by atoms with Crippen molar-refractivity contribution in [1.29, 1.82) is 0 Å². The van der Waals surface area contributed by atoms with Gasteiger partial charge in [-0.1, -0.05) is 0 Å². The lowest BCUT2D eigenvalue weighted by atomic mass is 10.2. The molecule has 0 unspecified atom stereocenters. The average molecular weight is 244 g/mol. The molecular formula is C11H14F2N2O2. The lowest BCUT2D eigenvalue weighted by molar-refractivity contribution is 0.0182. The highest BCUT2D eigenvalue weighted by Crippen LogP contribution is 2.38. The molecule has 0 saturated heterocycles. The maximum atomic E-state index is 11.8. The number of hydrogen-bond donors (Lipinski definition) is 1. The van der Waals surface area contributed by atoms with Crippen LogP contribution in [0.1, 0.15) is 30.3 Å². The number of aromatic nitrogens is 2. The molecule has 2 rings (SSSR count). The van der Waals surface area contributed by atoms with Crippen LogP contribution in [0.15, 0.2) is 10.9 Å². The van der Waals surface area contributed by atoms with Crippen LogP contribution < -0.4 is 5.56 Å². The molecule has 0 amide bonds. The first kappa shape index (κ1) is 12.2. The largest absolute Gasteiger partial charge is 0.375 e. The molecule has 0 radical (unpaired) electrons. The van der Waals surface area contributed by atoms with E-state index in [-0.39, 0.29) is 12.2 Å². The van der Waals surface area contributed by atoms with Crippen LogP contribution in [-0.2, 0) is 11.2 Å². The molecule has 1 N–H and O–H groups in total. The van der Waals surface area contributed by atoms with Crippen LogP contribution in [0.3, 0.4) is 0 Å². The van der Waals surface area contributed by atoms with E-state index in [0.717, 1.165) is 18.5 Å². The van der Waals surface area contributed by atoms with Crippen LogP contribution in [0.4, 0.5) is 8.78 Å². The fourth-order valence-corrected chi connectivity index (χ4v) is 1.58. The number of aromatic amines is 1. The van der Waals surface area contributed by atoms with E-state index in [1.807, 2.05) is 0 Å². The number of alkyl halides is 2. The molecular weight excluding hydrogens is 230 g/mol. The molecule has 1 heterocycles. The standard InChI is InChI=1S/C11H14F2N2O2/c12-9(13)6-17-4-3-10-14-8(7-1-2-7)5-11(16)15-10/h5,7,9H,1-4,6H2,(H,14,15,16). The second-order valence-corrected chi connectivity index (χ2v) is 4.11. The Morgan fingerprint density at radius 1 is 1.53 bits per heavy atom. The van der Waals surface area contributed by atoms with Gasteiger partial charge in [-0.25, -0.2) is 13.8 Å². The fourth-order valence-electron chi connectivity index (χ4n) is 1.58. The SMILES string of the molecule is O=c1cc(C2CC2)nc(CCOCC(F)F)[nH]1. The molecule has 17 heavy (non-hydrogen) atoms. The predicted octanol–water partition coefficient (Wildman–Crippen LogP) is 1.47. The molecule has 1 aliphatic rings. The molecule has 1 aromatic heterocycles. The Kier molecular flexibility index (Phi) is 3.83. The Balaban J connectivity index is 1.89. The zero-order valence-corrected chi connectivity index (χ0v) is 9.29. The van der Waals surface area contributed by atoms with E-state index < -0.39 is 13.0 Å². The number of nitrogens with one attached hydrogen (secondary N) is 1. The minimum atomic E-state index is -2.46. The minimum Gasteiger partial charge on any atom is -0.375 e. The van der Waals surface area contributed by atoms with Crippen molar-refractivity contribution in [2.45, 2.75) is 31.6 Å². The number of nitrogens with zero attached hydrogens (tertiary/aromatic N) is 1. The summed E-state index contributed by atoms with van der Waals surface area (Å²) in [6, 6.07) is 1.50. The van der Waals surface area contributed by atoms with E-state index in [1.54, 1.807) is 0 Å². The van der Waals surface area contributed by atoms with E-state index >= 15 is 0 Å². The van der Waals surface area contributed by atoms with Crippen molar-refractivity contribution in [3.63, 3.8) is 0 Å². The summed E-state index contributed by atoms with van der Waals surface area (Å²) in [7, 11) is 0. The van der Waals surface area contributed by atoms with E-state index in [0.29, 0.717) is 18.2 Å². The van der Waals surface area contributed by atoms with Gasteiger partial charge in [0.2, 0.25) is 0 Å². The summed E-state index contributed by atoms with van der Waals surface area (Å²) < 4.78 is 28.4. The van der Waals surface area contributed by atoms with Crippen LogP contribution in [-0.4, -0.2) is 29.6 Å². The molecule has 94 valence electrons. The number of H-pyrrole nitrogens is 1. The van der Waals surface area contributed by atoms with Crippen molar-refractivity contribution >= 4 is 0 Å². The van der Waals surface area contributed by atoms with Crippen LogP contribution in [0.5, 0.6) is 0 Å². The molecule has 0 aromatic carbocycles. The Hall–Kier alpha value is -1.30. The van der Waals surface area contributed by atoms with Gasteiger partial charge in [0.25, 0.3) is 12.0 Å². The summed E-state index contributed by atoms with van der Waals surface area (Å²) in [5.74, 6) is 0.909.